The maximum Gasteiger partial charge on any atom is 0.272 e. The standard InChI is InChI=1S/C11H8BrF2NO2/c12-8-3-9-6(1-7(4-16)15-9)2-10(8)17-5-11(13)14/h1-4,11,15H,5H2. The molecule has 2 aromatic rings. The van der Waals surface area contributed by atoms with Crippen molar-refractivity contribution in [1.82, 2.24) is 4.98 Å². The van der Waals surface area contributed by atoms with Gasteiger partial charge in [-0.2, -0.15) is 0 Å². The zero-order valence-electron chi connectivity index (χ0n) is 8.54. The van der Waals surface area contributed by atoms with E-state index < -0.39 is 13.0 Å². The molecule has 1 aromatic heterocycles. The number of hydrogen-bond donors (Lipinski definition) is 1. The van der Waals surface area contributed by atoms with E-state index in [4.69, 9.17) is 4.74 Å². The van der Waals surface area contributed by atoms with Gasteiger partial charge >= 0.3 is 0 Å². The molecule has 17 heavy (non-hydrogen) atoms. The van der Waals surface area contributed by atoms with Crippen LogP contribution in [0.5, 0.6) is 5.75 Å². The fraction of sp³-hybridized carbons (Fsp3) is 0.182. The van der Waals surface area contributed by atoms with Gasteiger partial charge in [-0.1, -0.05) is 0 Å². The summed E-state index contributed by atoms with van der Waals surface area (Å²) in [7, 11) is 0. The Morgan fingerprint density at radius 3 is 2.82 bits per heavy atom. The molecule has 1 N–H and O–H groups in total. The zero-order valence-corrected chi connectivity index (χ0v) is 10.1. The first-order chi connectivity index (χ1) is 8.10. The third-order valence-electron chi connectivity index (χ3n) is 2.19. The Balaban J connectivity index is 2.36. The van der Waals surface area contributed by atoms with Gasteiger partial charge in [0.2, 0.25) is 0 Å². The summed E-state index contributed by atoms with van der Waals surface area (Å²) in [4.78, 5) is 13.5. The third kappa shape index (κ3) is 2.63. The number of carbonyl (C=O) groups is 1. The number of halogens is 3. The lowest BCUT2D eigenvalue weighted by Crippen LogP contribution is -2.07. The number of aromatic amines is 1. The fourth-order valence-corrected chi connectivity index (χ4v) is 1.94. The number of benzene rings is 1. The number of rotatable bonds is 4. The van der Waals surface area contributed by atoms with Crippen LogP contribution in [0.4, 0.5) is 8.78 Å². The molecular formula is C11H8BrF2NO2. The van der Waals surface area contributed by atoms with E-state index in [1.165, 1.54) is 0 Å². The molecule has 2 rings (SSSR count). The summed E-state index contributed by atoms with van der Waals surface area (Å²) < 4.78 is 29.6. The number of aldehydes is 1. The first-order valence-electron chi connectivity index (χ1n) is 4.78. The topological polar surface area (TPSA) is 42.1 Å². The lowest BCUT2D eigenvalue weighted by molar-refractivity contribution is 0.0816. The molecule has 0 saturated carbocycles. The maximum atomic E-state index is 12.0. The molecule has 0 fully saturated rings. The monoisotopic (exact) mass is 303 g/mol. The Bertz CT molecular complexity index is 554. The number of carbonyl (C=O) groups excluding carboxylic acids is 1. The van der Waals surface area contributed by atoms with Gasteiger partial charge in [-0.05, 0) is 34.1 Å². The summed E-state index contributed by atoms with van der Waals surface area (Å²) in [6.45, 7) is -0.658. The van der Waals surface area contributed by atoms with Gasteiger partial charge in [-0.3, -0.25) is 4.79 Å². The average Bonchev–Trinajstić information content (AvgIpc) is 2.67. The largest absolute Gasteiger partial charge is 0.486 e. The van der Waals surface area contributed by atoms with E-state index in [9.17, 15) is 13.6 Å². The van der Waals surface area contributed by atoms with Gasteiger partial charge in [-0.25, -0.2) is 8.78 Å². The minimum absolute atomic E-state index is 0.328. The quantitative estimate of drug-likeness (QED) is 0.880. The summed E-state index contributed by atoms with van der Waals surface area (Å²) in [5.41, 5.74) is 1.17. The fourth-order valence-electron chi connectivity index (χ4n) is 1.48. The van der Waals surface area contributed by atoms with Gasteiger partial charge in [0.1, 0.15) is 12.4 Å². The summed E-state index contributed by atoms with van der Waals surface area (Å²) in [6, 6.07) is 4.92. The summed E-state index contributed by atoms with van der Waals surface area (Å²) in [5, 5.41) is 0.736. The Labute approximate surface area is 104 Å². The van der Waals surface area contributed by atoms with Crippen LogP contribution in [0, 0.1) is 0 Å². The Hall–Kier alpha value is -1.43. The van der Waals surface area contributed by atoms with E-state index >= 15 is 0 Å². The number of aromatic nitrogens is 1. The molecule has 90 valence electrons. The summed E-state index contributed by atoms with van der Waals surface area (Å²) in [6.07, 6.45) is -1.83. The highest BCUT2D eigenvalue weighted by molar-refractivity contribution is 9.10. The van der Waals surface area contributed by atoms with Crippen LogP contribution in [0.3, 0.4) is 0 Å². The van der Waals surface area contributed by atoms with Gasteiger partial charge in [0.05, 0.1) is 10.2 Å². The molecule has 0 aliphatic heterocycles. The van der Waals surface area contributed by atoms with Crippen LogP contribution in [0.1, 0.15) is 10.5 Å². The molecule has 0 spiro atoms. The van der Waals surface area contributed by atoms with E-state index in [1.54, 1.807) is 18.2 Å². The Morgan fingerprint density at radius 2 is 2.18 bits per heavy atom. The number of H-pyrrole nitrogens is 1. The molecule has 3 nitrogen and oxygen atoms in total. The van der Waals surface area contributed by atoms with E-state index in [-0.39, 0.29) is 0 Å². The van der Waals surface area contributed by atoms with Crippen molar-refractivity contribution in [1.29, 1.82) is 0 Å². The molecule has 0 unspecified atom stereocenters. The first kappa shape index (κ1) is 12.0. The smallest absolute Gasteiger partial charge is 0.272 e. The number of alkyl halides is 2. The van der Waals surface area contributed by atoms with E-state index in [1.807, 2.05) is 0 Å². The third-order valence-corrected chi connectivity index (χ3v) is 2.81. The second-order valence-electron chi connectivity index (χ2n) is 3.41. The molecular weight excluding hydrogens is 296 g/mol. The molecule has 6 heteroatoms. The van der Waals surface area contributed by atoms with Crippen LogP contribution in [-0.4, -0.2) is 24.3 Å². The van der Waals surface area contributed by atoms with Crippen molar-refractivity contribution in [2.75, 3.05) is 6.61 Å². The Morgan fingerprint density at radius 1 is 1.41 bits per heavy atom. The molecule has 1 aromatic carbocycles. The predicted molar refractivity (Wildman–Crippen MR) is 62.9 cm³/mol. The SMILES string of the molecule is O=Cc1cc2cc(OCC(F)F)c(Br)cc2[nH]1. The van der Waals surface area contributed by atoms with Gasteiger partial charge < -0.3 is 9.72 Å². The van der Waals surface area contributed by atoms with Gasteiger partial charge in [0, 0.05) is 10.9 Å². The van der Waals surface area contributed by atoms with Crippen molar-refractivity contribution in [2.24, 2.45) is 0 Å². The summed E-state index contributed by atoms with van der Waals surface area (Å²) in [5.74, 6) is 0.328. The molecule has 0 amide bonds. The average molecular weight is 304 g/mol. The second-order valence-corrected chi connectivity index (χ2v) is 4.27. The molecule has 0 aliphatic carbocycles. The van der Waals surface area contributed by atoms with Crippen molar-refractivity contribution in [3.05, 3.63) is 28.4 Å². The van der Waals surface area contributed by atoms with E-state index in [0.29, 0.717) is 22.2 Å². The van der Waals surface area contributed by atoms with E-state index in [2.05, 4.69) is 20.9 Å². The van der Waals surface area contributed by atoms with Crippen molar-refractivity contribution < 1.29 is 18.3 Å². The van der Waals surface area contributed by atoms with Crippen LogP contribution in [0.25, 0.3) is 10.9 Å². The zero-order chi connectivity index (χ0) is 12.4. The number of nitrogens with one attached hydrogen (secondary N) is 1. The van der Waals surface area contributed by atoms with Gasteiger partial charge in [0.25, 0.3) is 6.43 Å². The minimum Gasteiger partial charge on any atom is -0.486 e. The molecule has 0 saturated heterocycles. The van der Waals surface area contributed by atoms with Crippen molar-refractivity contribution >= 4 is 33.1 Å². The lowest BCUT2D eigenvalue weighted by atomic mass is 10.2. The maximum absolute atomic E-state index is 12.0. The predicted octanol–water partition coefficient (Wildman–Crippen LogP) is 3.39. The normalized spacial score (nSPS) is 11.1. The van der Waals surface area contributed by atoms with Crippen LogP contribution >= 0.6 is 15.9 Å². The minimum atomic E-state index is -2.52. The lowest BCUT2D eigenvalue weighted by Gasteiger charge is -2.07. The Kier molecular flexibility index (Phi) is 3.42. The molecule has 0 aliphatic rings. The highest BCUT2D eigenvalue weighted by Crippen LogP contribution is 2.30. The molecule has 0 atom stereocenters. The van der Waals surface area contributed by atoms with Crippen LogP contribution < -0.4 is 4.74 Å². The van der Waals surface area contributed by atoms with Gasteiger partial charge in [0.15, 0.2) is 6.29 Å². The number of hydrogen-bond acceptors (Lipinski definition) is 2. The van der Waals surface area contributed by atoms with Crippen LogP contribution in [0.15, 0.2) is 22.7 Å². The number of ether oxygens (including phenoxy) is 1. The summed E-state index contributed by atoms with van der Waals surface area (Å²) >= 11 is 3.22. The van der Waals surface area contributed by atoms with Crippen LogP contribution in [-0.2, 0) is 0 Å². The molecule has 0 bridgehead atoms. The van der Waals surface area contributed by atoms with Crippen molar-refractivity contribution in [3.63, 3.8) is 0 Å². The molecule has 0 radical (unpaired) electrons. The highest BCUT2D eigenvalue weighted by Gasteiger charge is 2.09. The van der Waals surface area contributed by atoms with Crippen LogP contribution in [0.2, 0.25) is 0 Å². The first-order valence-corrected chi connectivity index (χ1v) is 5.58. The number of fused-ring (bicyclic) bond motifs is 1. The van der Waals surface area contributed by atoms with Crippen molar-refractivity contribution in [2.45, 2.75) is 6.43 Å². The van der Waals surface area contributed by atoms with Gasteiger partial charge in [-0.15, -0.1) is 0 Å². The van der Waals surface area contributed by atoms with E-state index in [0.717, 1.165) is 10.9 Å². The van der Waals surface area contributed by atoms with Crippen molar-refractivity contribution in [3.8, 4) is 5.75 Å². The second kappa shape index (κ2) is 4.83. The highest BCUT2D eigenvalue weighted by atomic mass is 79.9. The molecule has 1 heterocycles.